The van der Waals surface area contributed by atoms with Gasteiger partial charge in [0.15, 0.2) is 11.5 Å². The first-order chi connectivity index (χ1) is 8.98. The van der Waals surface area contributed by atoms with Gasteiger partial charge in [0.2, 0.25) is 0 Å². The molecule has 4 heteroatoms. The lowest BCUT2D eigenvalue weighted by Crippen LogP contribution is -2.37. The van der Waals surface area contributed by atoms with Crippen molar-refractivity contribution in [2.24, 2.45) is 0 Å². The smallest absolute Gasteiger partial charge is 0.318 e. The second-order valence-electron chi connectivity index (χ2n) is 4.90. The topological polar surface area (TPSA) is 74.6 Å². The van der Waals surface area contributed by atoms with Crippen molar-refractivity contribution in [3.05, 3.63) is 47.2 Å². The van der Waals surface area contributed by atoms with Gasteiger partial charge < -0.3 is 10.2 Å². The molecule has 0 spiro atoms. The van der Waals surface area contributed by atoms with Crippen LogP contribution < -0.4 is 0 Å². The van der Waals surface area contributed by atoms with E-state index in [2.05, 4.69) is 0 Å². The summed E-state index contributed by atoms with van der Waals surface area (Å²) in [5, 5.41) is 19.5. The van der Waals surface area contributed by atoms with Gasteiger partial charge in [-0.1, -0.05) is 30.3 Å². The Kier molecular flexibility index (Phi) is 3.42. The number of rotatable bonds is 3. The summed E-state index contributed by atoms with van der Waals surface area (Å²) in [6, 6.07) is 8.70. The molecule has 1 unspecified atom stereocenters. The van der Waals surface area contributed by atoms with Crippen molar-refractivity contribution in [1.82, 2.24) is 0 Å². The Morgan fingerprint density at radius 2 is 1.84 bits per heavy atom. The molecule has 0 aromatic heterocycles. The largest absolute Gasteiger partial charge is 0.504 e. The number of aliphatic hydroxyl groups excluding tert-OH is 1. The Morgan fingerprint density at radius 1 is 1.21 bits per heavy atom. The lowest BCUT2D eigenvalue weighted by atomic mass is 9.71. The molecule has 0 amide bonds. The highest BCUT2D eigenvalue weighted by atomic mass is 16.4. The molecule has 4 nitrogen and oxygen atoms in total. The van der Waals surface area contributed by atoms with Gasteiger partial charge in [-0.05, 0) is 30.9 Å². The summed E-state index contributed by atoms with van der Waals surface area (Å²) in [5.41, 5.74) is -0.484. The minimum atomic E-state index is -1.36. The lowest BCUT2D eigenvalue weighted by Gasteiger charge is -2.31. The standard InChI is InChI=1S/C15H16O4/c1-15(14(18)19,10-6-3-2-4-7-10)11-8-5-9-12(16)13(11)17/h2-4,6-7,17H,5,8-9H2,1H3,(H,18,19). The van der Waals surface area contributed by atoms with Crippen molar-refractivity contribution in [2.75, 3.05) is 0 Å². The van der Waals surface area contributed by atoms with Gasteiger partial charge in [-0.3, -0.25) is 9.59 Å². The molecule has 1 aromatic carbocycles. The fraction of sp³-hybridized carbons (Fsp3) is 0.333. The predicted molar refractivity (Wildman–Crippen MR) is 69.9 cm³/mol. The quantitative estimate of drug-likeness (QED) is 0.876. The number of Topliss-reactive ketones (excluding diaryl/α,β-unsaturated/α-hetero) is 1. The second kappa shape index (κ2) is 4.88. The fourth-order valence-corrected chi connectivity index (χ4v) is 2.52. The number of carbonyl (C=O) groups excluding carboxylic acids is 1. The minimum absolute atomic E-state index is 0.278. The van der Waals surface area contributed by atoms with E-state index in [4.69, 9.17) is 0 Å². The lowest BCUT2D eigenvalue weighted by molar-refractivity contribution is -0.141. The number of carboxylic acids is 1. The first kappa shape index (κ1) is 13.3. The van der Waals surface area contributed by atoms with E-state index in [0.29, 0.717) is 24.0 Å². The van der Waals surface area contributed by atoms with Crippen LogP contribution in [0.15, 0.2) is 41.7 Å². The van der Waals surface area contributed by atoms with Crippen LogP contribution in [0, 0.1) is 0 Å². The Labute approximate surface area is 111 Å². The minimum Gasteiger partial charge on any atom is -0.504 e. The van der Waals surface area contributed by atoms with Gasteiger partial charge in [0.05, 0.1) is 0 Å². The molecule has 1 aliphatic rings. The van der Waals surface area contributed by atoms with E-state index in [1.807, 2.05) is 0 Å². The monoisotopic (exact) mass is 260 g/mol. The first-order valence-electron chi connectivity index (χ1n) is 6.22. The van der Waals surface area contributed by atoms with Gasteiger partial charge in [0.1, 0.15) is 5.41 Å². The highest BCUT2D eigenvalue weighted by Crippen LogP contribution is 2.39. The van der Waals surface area contributed by atoms with Crippen LogP contribution in [-0.2, 0) is 15.0 Å². The van der Waals surface area contributed by atoms with Gasteiger partial charge in [-0.25, -0.2) is 0 Å². The van der Waals surface area contributed by atoms with Crippen LogP contribution in [0.4, 0.5) is 0 Å². The van der Waals surface area contributed by atoms with Crippen molar-refractivity contribution in [2.45, 2.75) is 31.6 Å². The first-order valence-corrected chi connectivity index (χ1v) is 6.22. The number of aliphatic hydroxyl groups is 1. The maximum absolute atomic E-state index is 11.7. The van der Waals surface area contributed by atoms with E-state index in [1.165, 1.54) is 6.92 Å². The van der Waals surface area contributed by atoms with E-state index < -0.39 is 11.4 Å². The molecule has 0 fully saturated rings. The maximum atomic E-state index is 11.7. The molecule has 100 valence electrons. The fourth-order valence-electron chi connectivity index (χ4n) is 2.52. The second-order valence-corrected chi connectivity index (χ2v) is 4.90. The number of hydrogen-bond acceptors (Lipinski definition) is 3. The molecular weight excluding hydrogens is 244 g/mol. The van der Waals surface area contributed by atoms with Crippen molar-refractivity contribution in [1.29, 1.82) is 0 Å². The SMILES string of the molecule is CC(C(=O)O)(C1=C(O)C(=O)CCC1)c1ccccc1. The summed E-state index contributed by atoms with van der Waals surface area (Å²) >= 11 is 0. The summed E-state index contributed by atoms with van der Waals surface area (Å²) in [6.07, 6.45) is 1.28. The van der Waals surface area contributed by atoms with E-state index in [-0.39, 0.29) is 18.0 Å². The predicted octanol–water partition coefficient (Wildman–Crippen LogP) is 2.59. The number of carbonyl (C=O) groups is 2. The molecule has 0 saturated heterocycles. The van der Waals surface area contributed by atoms with Crippen LogP contribution >= 0.6 is 0 Å². The zero-order valence-electron chi connectivity index (χ0n) is 10.7. The number of carboxylic acid groups (broad SMARTS) is 1. The third-order valence-electron chi connectivity index (χ3n) is 3.76. The summed E-state index contributed by atoms with van der Waals surface area (Å²) < 4.78 is 0. The Balaban J connectivity index is 2.61. The number of allylic oxidation sites excluding steroid dienone is 1. The van der Waals surface area contributed by atoms with Crippen LogP contribution in [0.2, 0.25) is 0 Å². The molecular formula is C15H16O4. The van der Waals surface area contributed by atoms with E-state index in [9.17, 15) is 19.8 Å². The zero-order valence-corrected chi connectivity index (χ0v) is 10.7. The number of ketones is 1. The molecule has 0 saturated carbocycles. The Morgan fingerprint density at radius 3 is 2.42 bits per heavy atom. The Bertz CT molecular complexity index is 545. The molecule has 0 aliphatic heterocycles. The molecule has 2 N–H and O–H groups in total. The van der Waals surface area contributed by atoms with Gasteiger partial charge in [-0.15, -0.1) is 0 Å². The number of hydrogen-bond donors (Lipinski definition) is 2. The third-order valence-corrected chi connectivity index (χ3v) is 3.76. The van der Waals surface area contributed by atoms with Crippen LogP contribution in [0.25, 0.3) is 0 Å². The third kappa shape index (κ3) is 2.14. The molecule has 1 aliphatic carbocycles. The maximum Gasteiger partial charge on any atom is 0.318 e. The normalized spacial score (nSPS) is 19.1. The van der Waals surface area contributed by atoms with Crippen LogP contribution in [-0.4, -0.2) is 22.0 Å². The molecule has 0 radical (unpaired) electrons. The van der Waals surface area contributed by atoms with Crippen LogP contribution in [0.5, 0.6) is 0 Å². The molecule has 19 heavy (non-hydrogen) atoms. The Hall–Kier alpha value is -2.10. The average Bonchev–Trinajstić information content (AvgIpc) is 2.42. The number of aliphatic carboxylic acids is 1. The molecule has 0 heterocycles. The highest BCUT2D eigenvalue weighted by Gasteiger charge is 2.42. The van der Waals surface area contributed by atoms with Crippen molar-refractivity contribution < 1.29 is 19.8 Å². The van der Waals surface area contributed by atoms with Crippen molar-refractivity contribution in [3.63, 3.8) is 0 Å². The van der Waals surface area contributed by atoms with Crippen LogP contribution in [0.3, 0.4) is 0 Å². The summed E-state index contributed by atoms with van der Waals surface area (Å²) in [6.45, 7) is 1.54. The number of benzene rings is 1. The molecule has 1 aromatic rings. The van der Waals surface area contributed by atoms with Crippen LogP contribution in [0.1, 0.15) is 31.7 Å². The summed E-state index contributed by atoms with van der Waals surface area (Å²) in [5.74, 6) is -1.81. The van der Waals surface area contributed by atoms with Gasteiger partial charge in [0.25, 0.3) is 0 Å². The summed E-state index contributed by atoms with van der Waals surface area (Å²) in [4.78, 5) is 23.3. The molecule has 0 bridgehead atoms. The van der Waals surface area contributed by atoms with Gasteiger partial charge >= 0.3 is 5.97 Å². The van der Waals surface area contributed by atoms with E-state index >= 15 is 0 Å². The van der Waals surface area contributed by atoms with Gasteiger partial charge in [-0.2, -0.15) is 0 Å². The molecule has 1 atom stereocenters. The van der Waals surface area contributed by atoms with Gasteiger partial charge in [0, 0.05) is 6.42 Å². The summed E-state index contributed by atoms with van der Waals surface area (Å²) in [7, 11) is 0. The van der Waals surface area contributed by atoms with Crippen molar-refractivity contribution >= 4 is 11.8 Å². The average molecular weight is 260 g/mol. The highest BCUT2D eigenvalue weighted by molar-refractivity contribution is 5.97. The van der Waals surface area contributed by atoms with Crippen molar-refractivity contribution in [3.8, 4) is 0 Å². The van der Waals surface area contributed by atoms with E-state index in [1.54, 1.807) is 30.3 Å². The molecule has 2 rings (SSSR count). The zero-order chi connectivity index (χ0) is 14.0. The van der Waals surface area contributed by atoms with E-state index in [0.717, 1.165) is 0 Å².